The van der Waals surface area contributed by atoms with E-state index in [0.717, 1.165) is 17.0 Å². The van der Waals surface area contributed by atoms with Crippen molar-refractivity contribution in [2.75, 3.05) is 26.0 Å². The predicted molar refractivity (Wildman–Crippen MR) is 131 cm³/mol. The van der Waals surface area contributed by atoms with Crippen molar-refractivity contribution in [2.45, 2.75) is 11.7 Å². The molecule has 178 valence electrons. The molecule has 35 heavy (non-hydrogen) atoms. The number of hydrogen-bond donors (Lipinski definition) is 0. The molecule has 7 nitrogen and oxygen atoms in total. The van der Waals surface area contributed by atoms with Crippen molar-refractivity contribution in [3.8, 4) is 28.6 Å². The van der Waals surface area contributed by atoms with E-state index >= 15 is 0 Å². The van der Waals surface area contributed by atoms with Crippen LogP contribution in [0.15, 0.2) is 78.0 Å². The van der Waals surface area contributed by atoms with Crippen LogP contribution in [-0.2, 0) is 11.3 Å². The second-order valence-corrected chi connectivity index (χ2v) is 8.92. The number of amides is 1. The van der Waals surface area contributed by atoms with E-state index in [2.05, 4.69) is 10.2 Å². The quantitative estimate of drug-likeness (QED) is 0.353. The highest BCUT2D eigenvalue weighted by Gasteiger charge is 2.20. The van der Waals surface area contributed by atoms with Crippen molar-refractivity contribution >= 4 is 17.7 Å². The van der Waals surface area contributed by atoms with Gasteiger partial charge in [-0.2, -0.15) is 0 Å². The number of rotatable bonds is 7. The van der Waals surface area contributed by atoms with Crippen molar-refractivity contribution in [2.24, 2.45) is 0 Å². The molecule has 1 aliphatic rings. The van der Waals surface area contributed by atoms with Gasteiger partial charge in [-0.3, -0.25) is 9.36 Å². The first-order valence-electron chi connectivity index (χ1n) is 11.1. The third kappa shape index (κ3) is 5.00. The Labute approximate surface area is 206 Å². The molecular formula is C26H23FN4O3S. The fraction of sp³-hybridized carbons (Fsp3) is 0.192. The highest BCUT2D eigenvalue weighted by molar-refractivity contribution is 7.99. The molecular weight excluding hydrogens is 467 g/mol. The Morgan fingerprint density at radius 2 is 1.74 bits per heavy atom. The molecule has 1 aromatic heterocycles. The van der Waals surface area contributed by atoms with E-state index in [1.54, 1.807) is 34.7 Å². The number of aromatic nitrogens is 3. The van der Waals surface area contributed by atoms with Crippen LogP contribution in [0.25, 0.3) is 17.1 Å². The molecule has 0 saturated carbocycles. The van der Waals surface area contributed by atoms with Gasteiger partial charge >= 0.3 is 0 Å². The molecule has 0 atom stereocenters. The number of hydrogen-bond acceptors (Lipinski definition) is 6. The van der Waals surface area contributed by atoms with Crippen molar-refractivity contribution in [1.82, 2.24) is 19.7 Å². The Hall–Kier alpha value is -3.85. The van der Waals surface area contributed by atoms with E-state index in [1.807, 2.05) is 48.5 Å². The van der Waals surface area contributed by atoms with Crippen LogP contribution in [0.2, 0.25) is 0 Å². The molecule has 1 aliphatic heterocycles. The molecule has 3 aromatic carbocycles. The van der Waals surface area contributed by atoms with Gasteiger partial charge in [0.2, 0.25) is 5.91 Å². The summed E-state index contributed by atoms with van der Waals surface area (Å²) < 4.78 is 27.5. The van der Waals surface area contributed by atoms with Gasteiger partial charge < -0.3 is 14.4 Å². The maximum Gasteiger partial charge on any atom is 0.233 e. The summed E-state index contributed by atoms with van der Waals surface area (Å²) >= 11 is 1.26. The van der Waals surface area contributed by atoms with Crippen LogP contribution in [0.1, 0.15) is 5.56 Å². The number of fused-ring (bicyclic) bond motifs is 1. The molecule has 4 aromatic rings. The molecule has 0 unspecified atom stereocenters. The highest BCUT2D eigenvalue weighted by Crippen LogP contribution is 2.32. The number of carbonyl (C=O) groups is 1. The number of ether oxygens (including phenoxy) is 2. The lowest BCUT2D eigenvalue weighted by Gasteiger charge is -2.21. The van der Waals surface area contributed by atoms with Crippen LogP contribution < -0.4 is 9.47 Å². The summed E-state index contributed by atoms with van der Waals surface area (Å²) in [6.45, 7) is 1.48. The van der Waals surface area contributed by atoms with Crippen LogP contribution in [-0.4, -0.2) is 51.6 Å². The zero-order valence-corrected chi connectivity index (χ0v) is 19.9. The number of benzene rings is 3. The van der Waals surface area contributed by atoms with Crippen molar-refractivity contribution in [3.05, 3.63) is 84.2 Å². The standard InChI is InChI=1S/C26H23FN4O3S/c1-30(16-18-11-12-22-23(15-18)34-14-13-33-22)24(32)17-35-26-29-28-25(20-9-5-6-10-21(20)27)31(26)19-7-3-2-4-8-19/h2-12,15H,13-14,16-17H2,1H3. The van der Waals surface area contributed by atoms with E-state index in [-0.39, 0.29) is 17.5 Å². The lowest BCUT2D eigenvalue weighted by atomic mass is 10.2. The lowest BCUT2D eigenvalue weighted by molar-refractivity contribution is -0.127. The Bertz CT molecular complexity index is 1350. The molecule has 9 heteroatoms. The molecule has 0 saturated heterocycles. The monoisotopic (exact) mass is 490 g/mol. The maximum atomic E-state index is 14.5. The van der Waals surface area contributed by atoms with Gasteiger partial charge in [0.15, 0.2) is 22.5 Å². The molecule has 0 bridgehead atoms. The number of para-hydroxylation sites is 1. The fourth-order valence-corrected chi connectivity index (χ4v) is 4.67. The number of nitrogens with zero attached hydrogens (tertiary/aromatic N) is 4. The zero-order valence-electron chi connectivity index (χ0n) is 19.1. The third-order valence-corrected chi connectivity index (χ3v) is 6.45. The minimum atomic E-state index is -0.385. The Kier molecular flexibility index (Phi) is 6.67. The van der Waals surface area contributed by atoms with Crippen LogP contribution >= 0.6 is 11.8 Å². The van der Waals surface area contributed by atoms with Gasteiger partial charge in [-0.25, -0.2) is 4.39 Å². The molecule has 0 N–H and O–H groups in total. The number of thioether (sulfide) groups is 1. The van der Waals surface area contributed by atoms with Crippen molar-refractivity contribution in [3.63, 3.8) is 0 Å². The van der Waals surface area contributed by atoms with E-state index in [4.69, 9.17) is 9.47 Å². The largest absolute Gasteiger partial charge is 0.486 e. The predicted octanol–water partition coefficient (Wildman–Crippen LogP) is 4.60. The number of halogens is 1. The summed E-state index contributed by atoms with van der Waals surface area (Å²) in [6, 6.07) is 21.6. The average Bonchev–Trinajstić information content (AvgIpc) is 3.31. The van der Waals surface area contributed by atoms with E-state index in [1.165, 1.54) is 17.8 Å². The van der Waals surface area contributed by atoms with E-state index in [9.17, 15) is 9.18 Å². The fourth-order valence-electron chi connectivity index (χ4n) is 3.77. The van der Waals surface area contributed by atoms with Crippen molar-refractivity contribution < 1.29 is 18.7 Å². The molecule has 2 heterocycles. The van der Waals surface area contributed by atoms with Gasteiger partial charge in [0.25, 0.3) is 0 Å². The van der Waals surface area contributed by atoms with Gasteiger partial charge in [0.1, 0.15) is 19.0 Å². The molecule has 0 radical (unpaired) electrons. The highest BCUT2D eigenvalue weighted by atomic mass is 32.2. The SMILES string of the molecule is CN(Cc1ccc2c(c1)OCCO2)C(=O)CSc1nnc(-c2ccccc2F)n1-c1ccccc1. The van der Waals surface area contributed by atoms with Gasteiger partial charge in [-0.1, -0.05) is 48.2 Å². The second-order valence-electron chi connectivity index (χ2n) is 7.97. The maximum absolute atomic E-state index is 14.5. The van der Waals surface area contributed by atoms with Crippen LogP contribution in [0.5, 0.6) is 11.5 Å². The second kappa shape index (κ2) is 10.2. The first-order chi connectivity index (χ1) is 17.1. The molecule has 0 spiro atoms. The van der Waals surface area contributed by atoms with Crippen LogP contribution in [0.3, 0.4) is 0 Å². The molecule has 5 rings (SSSR count). The smallest absolute Gasteiger partial charge is 0.233 e. The first kappa shape index (κ1) is 22.9. The summed E-state index contributed by atoms with van der Waals surface area (Å²) in [4.78, 5) is 14.6. The summed E-state index contributed by atoms with van der Waals surface area (Å²) in [5.41, 5.74) is 2.08. The van der Waals surface area contributed by atoms with Gasteiger partial charge in [0, 0.05) is 19.3 Å². The van der Waals surface area contributed by atoms with E-state index < -0.39 is 0 Å². The topological polar surface area (TPSA) is 69.5 Å². The van der Waals surface area contributed by atoms with Gasteiger partial charge in [0.05, 0.1) is 11.3 Å². The zero-order chi connectivity index (χ0) is 24.2. The third-order valence-electron chi connectivity index (χ3n) is 5.54. The summed E-state index contributed by atoms with van der Waals surface area (Å²) in [7, 11) is 1.76. The first-order valence-corrected chi connectivity index (χ1v) is 12.1. The van der Waals surface area contributed by atoms with Crippen LogP contribution in [0, 0.1) is 5.82 Å². The molecule has 1 amide bonds. The Balaban J connectivity index is 1.33. The Morgan fingerprint density at radius 1 is 1.00 bits per heavy atom. The van der Waals surface area contributed by atoms with Crippen molar-refractivity contribution in [1.29, 1.82) is 0 Å². The molecule has 0 aliphatic carbocycles. The summed E-state index contributed by atoms with van der Waals surface area (Å²) in [5.74, 6) is 1.50. The van der Waals surface area contributed by atoms with Gasteiger partial charge in [-0.05, 0) is 42.0 Å². The lowest BCUT2D eigenvalue weighted by Crippen LogP contribution is -2.28. The summed E-state index contributed by atoms with van der Waals surface area (Å²) in [6.07, 6.45) is 0. The average molecular weight is 491 g/mol. The van der Waals surface area contributed by atoms with Gasteiger partial charge in [-0.15, -0.1) is 10.2 Å². The minimum absolute atomic E-state index is 0.0695. The molecule has 0 fully saturated rings. The van der Waals surface area contributed by atoms with Crippen LogP contribution in [0.4, 0.5) is 4.39 Å². The normalized spacial score (nSPS) is 12.4. The van der Waals surface area contributed by atoms with E-state index in [0.29, 0.717) is 42.1 Å². The Morgan fingerprint density at radius 3 is 2.54 bits per heavy atom. The minimum Gasteiger partial charge on any atom is -0.486 e. The number of carbonyl (C=O) groups excluding carboxylic acids is 1. The summed E-state index contributed by atoms with van der Waals surface area (Å²) in [5, 5.41) is 9.05.